The summed E-state index contributed by atoms with van der Waals surface area (Å²) in [5.41, 5.74) is 4.67. The van der Waals surface area contributed by atoms with Crippen molar-refractivity contribution in [2.75, 3.05) is 0 Å². The van der Waals surface area contributed by atoms with E-state index in [-0.39, 0.29) is 17.7 Å². The zero-order chi connectivity index (χ0) is 16.6. The summed E-state index contributed by atoms with van der Waals surface area (Å²) in [5.74, 6) is -0.160. The average molecular weight is 316 g/mol. The van der Waals surface area contributed by atoms with Gasteiger partial charge in [-0.3, -0.25) is 0 Å². The Kier molecular flexibility index (Phi) is 4.50. The minimum Gasteiger partial charge on any atom is -0.450 e. The van der Waals surface area contributed by atoms with E-state index in [0.717, 1.165) is 49.7 Å². The molecule has 0 aromatic carbocycles. The van der Waals surface area contributed by atoms with Crippen LogP contribution in [0.3, 0.4) is 0 Å². The topological polar surface area (TPSA) is 38.8 Å². The van der Waals surface area contributed by atoms with Gasteiger partial charge < -0.3 is 9.47 Å². The lowest BCUT2D eigenvalue weighted by atomic mass is 9.91. The molecule has 0 N–H and O–H groups in total. The van der Waals surface area contributed by atoms with Gasteiger partial charge in [0, 0.05) is 5.57 Å². The van der Waals surface area contributed by atoms with Gasteiger partial charge in [0.25, 0.3) is 0 Å². The van der Waals surface area contributed by atoms with Crippen LogP contribution in [0.4, 0.5) is 0 Å². The zero-order valence-corrected chi connectivity index (χ0v) is 14.8. The number of rotatable bonds is 0. The predicted molar refractivity (Wildman–Crippen MR) is 91.1 cm³/mol. The molecule has 0 aromatic heterocycles. The summed E-state index contributed by atoms with van der Waals surface area (Å²) >= 11 is 0. The third-order valence-electron chi connectivity index (χ3n) is 5.56. The van der Waals surface area contributed by atoms with E-state index in [1.54, 1.807) is 0 Å². The quantitative estimate of drug-likeness (QED) is 0.371. The van der Waals surface area contributed by atoms with Gasteiger partial charge in [-0.1, -0.05) is 17.2 Å². The molecule has 0 unspecified atom stereocenters. The SMILES string of the molecule is CC1=C[C@@H]2OC(=O)C(C)=C2CC[C@@]2(C)O[C@@H]2CCC(C)=CCC1. The molecule has 1 fully saturated rings. The Morgan fingerprint density at radius 2 is 1.91 bits per heavy atom. The number of esters is 1. The van der Waals surface area contributed by atoms with Gasteiger partial charge >= 0.3 is 5.97 Å². The van der Waals surface area contributed by atoms with Crippen molar-refractivity contribution in [1.29, 1.82) is 0 Å². The maximum absolute atomic E-state index is 12.0. The van der Waals surface area contributed by atoms with Gasteiger partial charge in [0.1, 0.15) is 6.10 Å². The predicted octanol–water partition coefficient (Wildman–Crippen LogP) is 4.63. The molecule has 0 bridgehead atoms. The van der Waals surface area contributed by atoms with Crippen molar-refractivity contribution in [2.45, 2.75) is 84.0 Å². The highest BCUT2D eigenvalue weighted by Crippen LogP contribution is 2.45. The lowest BCUT2D eigenvalue weighted by Gasteiger charge is -2.14. The van der Waals surface area contributed by atoms with Crippen LogP contribution >= 0.6 is 0 Å². The Morgan fingerprint density at radius 1 is 1.13 bits per heavy atom. The molecule has 3 nitrogen and oxygen atoms in total. The fourth-order valence-corrected chi connectivity index (χ4v) is 3.69. The molecule has 0 saturated carbocycles. The fourth-order valence-electron chi connectivity index (χ4n) is 3.69. The van der Waals surface area contributed by atoms with Crippen LogP contribution < -0.4 is 0 Å². The lowest BCUT2D eigenvalue weighted by molar-refractivity contribution is -0.138. The van der Waals surface area contributed by atoms with E-state index in [1.165, 1.54) is 11.1 Å². The van der Waals surface area contributed by atoms with Crippen molar-refractivity contribution >= 4 is 5.97 Å². The summed E-state index contributed by atoms with van der Waals surface area (Å²) < 4.78 is 11.5. The normalized spacial score (nSPS) is 35.6. The molecular weight excluding hydrogens is 288 g/mol. The molecular formula is C20H28O3. The van der Waals surface area contributed by atoms with Crippen molar-refractivity contribution in [3.05, 3.63) is 34.4 Å². The molecule has 2 heterocycles. The Labute approximate surface area is 139 Å². The van der Waals surface area contributed by atoms with E-state index < -0.39 is 0 Å². The molecule has 0 amide bonds. The smallest absolute Gasteiger partial charge is 0.334 e. The summed E-state index contributed by atoms with van der Waals surface area (Å²) in [6, 6.07) is 0. The Balaban J connectivity index is 1.82. The molecule has 3 heteroatoms. The Hall–Kier alpha value is -1.35. The van der Waals surface area contributed by atoms with Crippen LogP contribution in [0.1, 0.15) is 66.2 Å². The van der Waals surface area contributed by atoms with Crippen LogP contribution in [-0.4, -0.2) is 23.8 Å². The van der Waals surface area contributed by atoms with E-state index in [9.17, 15) is 4.79 Å². The minimum absolute atomic E-state index is 0.0212. The minimum atomic E-state index is -0.170. The molecule has 23 heavy (non-hydrogen) atoms. The monoisotopic (exact) mass is 316 g/mol. The molecule has 1 aliphatic carbocycles. The van der Waals surface area contributed by atoms with Crippen molar-refractivity contribution in [1.82, 2.24) is 0 Å². The molecule has 3 aliphatic rings. The van der Waals surface area contributed by atoms with Crippen LogP contribution in [0, 0.1) is 0 Å². The van der Waals surface area contributed by atoms with E-state index in [4.69, 9.17) is 9.47 Å². The number of fused-ring (bicyclic) bond motifs is 2. The highest BCUT2D eigenvalue weighted by atomic mass is 16.6. The largest absolute Gasteiger partial charge is 0.450 e. The number of ether oxygens (including phenoxy) is 2. The van der Waals surface area contributed by atoms with Crippen LogP contribution in [0.5, 0.6) is 0 Å². The van der Waals surface area contributed by atoms with Crippen LogP contribution in [0.25, 0.3) is 0 Å². The number of hydrogen-bond donors (Lipinski definition) is 0. The molecule has 1 saturated heterocycles. The van der Waals surface area contributed by atoms with Gasteiger partial charge in [-0.05, 0) is 77.9 Å². The van der Waals surface area contributed by atoms with Gasteiger partial charge in [0.05, 0.1) is 11.7 Å². The standard InChI is InChI=1S/C20H28O3/c1-13-6-5-7-14(2)12-17-16(15(3)19(21)22-17)10-11-20(4)18(23-20)9-8-13/h6,12,17-18H,5,7-11H2,1-4H3/t17-,18+,20+/m0/s1. The van der Waals surface area contributed by atoms with Gasteiger partial charge in [-0.25, -0.2) is 4.79 Å². The third-order valence-corrected chi connectivity index (χ3v) is 5.56. The fraction of sp³-hybridized carbons (Fsp3) is 0.650. The second-order valence-electron chi connectivity index (χ2n) is 7.54. The Bertz CT molecular complexity index is 596. The summed E-state index contributed by atoms with van der Waals surface area (Å²) in [5, 5.41) is 0. The molecule has 0 spiro atoms. The summed E-state index contributed by atoms with van der Waals surface area (Å²) in [4.78, 5) is 12.0. The number of epoxide rings is 1. The zero-order valence-electron chi connectivity index (χ0n) is 14.8. The number of hydrogen-bond acceptors (Lipinski definition) is 3. The van der Waals surface area contributed by atoms with Crippen molar-refractivity contribution in [2.24, 2.45) is 0 Å². The lowest BCUT2D eigenvalue weighted by Crippen LogP contribution is -2.14. The first-order valence-electron chi connectivity index (χ1n) is 8.80. The molecule has 3 rings (SSSR count). The number of carbonyl (C=O) groups excluding carboxylic acids is 1. The highest BCUT2D eigenvalue weighted by molar-refractivity contribution is 5.92. The van der Waals surface area contributed by atoms with Crippen LogP contribution in [-0.2, 0) is 14.3 Å². The van der Waals surface area contributed by atoms with Crippen molar-refractivity contribution in [3.8, 4) is 0 Å². The number of carbonyl (C=O) groups is 1. The maximum atomic E-state index is 12.0. The molecule has 0 aromatic rings. The first kappa shape index (κ1) is 16.5. The van der Waals surface area contributed by atoms with Crippen molar-refractivity contribution in [3.63, 3.8) is 0 Å². The number of allylic oxidation sites excluding steroid dienone is 3. The summed E-state index contributed by atoms with van der Waals surface area (Å²) in [7, 11) is 0. The molecule has 126 valence electrons. The molecule has 3 atom stereocenters. The van der Waals surface area contributed by atoms with Gasteiger partial charge in [0.2, 0.25) is 0 Å². The van der Waals surface area contributed by atoms with E-state index in [1.807, 2.05) is 6.92 Å². The highest BCUT2D eigenvalue weighted by Gasteiger charge is 2.51. The van der Waals surface area contributed by atoms with Crippen LogP contribution in [0.15, 0.2) is 34.4 Å². The van der Waals surface area contributed by atoms with Gasteiger partial charge in [0.15, 0.2) is 0 Å². The maximum Gasteiger partial charge on any atom is 0.334 e. The third kappa shape index (κ3) is 3.60. The first-order chi connectivity index (χ1) is 10.9. The first-order valence-corrected chi connectivity index (χ1v) is 8.80. The Morgan fingerprint density at radius 3 is 2.70 bits per heavy atom. The van der Waals surface area contributed by atoms with E-state index in [2.05, 4.69) is 32.9 Å². The van der Waals surface area contributed by atoms with Gasteiger partial charge in [-0.15, -0.1) is 0 Å². The van der Waals surface area contributed by atoms with Gasteiger partial charge in [-0.2, -0.15) is 0 Å². The molecule has 2 aliphatic heterocycles. The average Bonchev–Trinajstić information content (AvgIpc) is 3.06. The second kappa shape index (κ2) is 6.27. The second-order valence-corrected chi connectivity index (χ2v) is 7.54. The summed E-state index contributed by atoms with van der Waals surface area (Å²) in [6.07, 6.45) is 10.8. The van der Waals surface area contributed by atoms with E-state index in [0.29, 0.717) is 6.10 Å². The molecule has 0 radical (unpaired) electrons. The van der Waals surface area contributed by atoms with Crippen molar-refractivity contribution < 1.29 is 14.3 Å². The van der Waals surface area contributed by atoms with Crippen LogP contribution in [0.2, 0.25) is 0 Å². The summed E-state index contributed by atoms with van der Waals surface area (Å²) in [6.45, 7) is 8.44. The van der Waals surface area contributed by atoms with E-state index >= 15 is 0 Å².